The minimum atomic E-state index is -0.284. The fraction of sp³-hybridized carbons (Fsp3) is 0.0769. The molecule has 0 bridgehead atoms. The van der Waals surface area contributed by atoms with E-state index in [4.69, 9.17) is 5.26 Å². The van der Waals surface area contributed by atoms with Gasteiger partial charge in [-0.05, 0) is 24.3 Å². The van der Waals surface area contributed by atoms with E-state index in [9.17, 15) is 4.39 Å². The monoisotopic (exact) mass is 305 g/mol. The number of anilines is 1. The molecule has 1 N–H and O–H groups in total. The molecule has 0 aliphatic heterocycles. The molecule has 2 rings (SSSR count). The van der Waals surface area contributed by atoms with E-state index in [-0.39, 0.29) is 5.82 Å². The molecule has 0 atom stereocenters. The van der Waals surface area contributed by atoms with Gasteiger partial charge in [0.1, 0.15) is 11.9 Å². The Labute approximate surface area is 112 Å². The molecule has 0 saturated heterocycles. The fourth-order valence-corrected chi connectivity index (χ4v) is 1.91. The number of halogens is 2. The number of hydrogen-bond acceptors (Lipinski definition) is 3. The highest BCUT2D eigenvalue weighted by Gasteiger charge is 2.05. The van der Waals surface area contributed by atoms with Crippen LogP contribution in [0.4, 0.5) is 10.1 Å². The molecule has 18 heavy (non-hydrogen) atoms. The second-order valence-electron chi connectivity index (χ2n) is 3.62. The molecule has 1 aromatic carbocycles. The van der Waals surface area contributed by atoms with Gasteiger partial charge in [-0.1, -0.05) is 15.9 Å². The van der Waals surface area contributed by atoms with Crippen LogP contribution in [0.15, 0.2) is 41.1 Å². The van der Waals surface area contributed by atoms with Crippen LogP contribution in [0, 0.1) is 17.1 Å². The van der Waals surface area contributed by atoms with E-state index in [1.54, 1.807) is 30.6 Å². The molecular weight excluding hydrogens is 297 g/mol. The maximum absolute atomic E-state index is 13.5. The second-order valence-corrected chi connectivity index (χ2v) is 4.54. The molecule has 0 aliphatic carbocycles. The fourth-order valence-electron chi connectivity index (χ4n) is 1.50. The Morgan fingerprint density at radius 3 is 3.00 bits per heavy atom. The molecule has 90 valence electrons. The normalized spacial score (nSPS) is 9.83. The van der Waals surface area contributed by atoms with Crippen LogP contribution in [0.25, 0.3) is 0 Å². The van der Waals surface area contributed by atoms with E-state index in [0.717, 1.165) is 4.47 Å². The standard InChI is InChI=1S/C13H9BrFN3/c14-11-1-2-12(15)10(5-11)7-18-13-8-17-4-3-9(13)6-16/h1-5,8,18H,7H2. The first-order valence-electron chi connectivity index (χ1n) is 5.22. The number of hydrogen-bond donors (Lipinski definition) is 1. The summed E-state index contributed by atoms with van der Waals surface area (Å²) in [6.45, 7) is 0.297. The van der Waals surface area contributed by atoms with Gasteiger partial charge in [-0.25, -0.2) is 4.39 Å². The number of rotatable bonds is 3. The molecule has 5 heteroatoms. The van der Waals surface area contributed by atoms with Crippen molar-refractivity contribution in [2.75, 3.05) is 5.32 Å². The van der Waals surface area contributed by atoms with Crippen molar-refractivity contribution < 1.29 is 4.39 Å². The Balaban J connectivity index is 2.17. The number of nitrogens with one attached hydrogen (secondary N) is 1. The van der Waals surface area contributed by atoms with Crippen molar-refractivity contribution in [3.8, 4) is 6.07 Å². The molecule has 3 nitrogen and oxygen atoms in total. The number of nitriles is 1. The van der Waals surface area contributed by atoms with Gasteiger partial charge in [0, 0.05) is 22.8 Å². The molecule has 0 unspecified atom stereocenters. The molecule has 0 radical (unpaired) electrons. The molecule has 2 aromatic rings. The lowest BCUT2D eigenvalue weighted by atomic mass is 10.2. The largest absolute Gasteiger partial charge is 0.379 e. The highest BCUT2D eigenvalue weighted by atomic mass is 79.9. The minimum absolute atomic E-state index is 0.284. The zero-order valence-corrected chi connectivity index (χ0v) is 10.9. The molecule has 0 fully saturated rings. The second kappa shape index (κ2) is 5.61. The van der Waals surface area contributed by atoms with E-state index < -0.39 is 0 Å². The molecule has 1 heterocycles. The molecular formula is C13H9BrFN3. The van der Waals surface area contributed by atoms with Crippen molar-refractivity contribution in [1.29, 1.82) is 5.26 Å². The third kappa shape index (κ3) is 2.84. The van der Waals surface area contributed by atoms with Crippen LogP contribution in [-0.2, 0) is 6.54 Å². The van der Waals surface area contributed by atoms with Crippen molar-refractivity contribution in [2.45, 2.75) is 6.54 Å². The van der Waals surface area contributed by atoms with E-state index in [0.29, 0.717) is 23.4 Å². The van der Waals surface area contributed by atoms with Crippen molar-refractivity contribution in [1.82, 2.24) is 4.98 Å². The van der Waals surface area contributed by atoms with Gasteiger partial charge in [0.25, 0.3) is 0 Å². The van der Waals surface area contributed by atoms with E-state index >= 15 is 0 Å². The van der Waals surface area contributed by atoms with E-state index in [1.165, 1.54) is 6.07 Å². The summed E-state index contributed by atoms with van der Waals surface area (Å²) in [6.07, 6.45) is 3.10. The first kappa shape index (κ1) is 12.5. The maximum Gasteiger partial charge on any atom is 0.128 e. The van der Waals surface area contributed by atoms with Crippen molar-refractivity contribution >= 4 is 21.6 Å². The summed E-state index contributed by atoms with van der Waals surface area (Å²) >= 11 is 3.29. The predicted molar refractivity (Wildman–Crippen MR) is 70.4 cm³/mol. The smallest absolute Gasteiger partial charge is 0.128 e. The van der Waals surface area contributed by atoms with Crippen LogP contribution in [-0.4, -0.2) is 4.98 Å². The van der Waals surface area contributed by atoms with Gasteiger partial charge in [0.2, 0.25) is 0 Å². The summed E-state index contributed by atoms with van der Waals surface area (Å²) in [5.41, 5.74) is 1.61. The topological polar surface area (TPSA) is 48.7 Å². The van der Waals surface area contributed by atoms with Crippen molar-refractivity contribution in [3.63, 3.8) is 0 Å². The van der Waals surface area contributed by atoms with Crippen LogP contribution >= 0.6 is 15.9 Å². The van der Waals surface area contributed by atoms with Crippen molar-refractivity contribution in [2.24, 2.45) is 0 Å². The number of pyridine rings is 1. The van der Waals surface area contributed by atoms with Crippen LogP contribution in [0.5, 0.6) is 0 Å². The van der Waals surface area contributed by atoms with Crippen molar-refractivity contribution in [3.05, 3.63) is 58.1 Å². The van der Waals surface area contributed by atoms with Crippen LogP contribution in [0.2, 0.25) is 0 Å². The molecule has 0 spiro atoms. The third-order valence-electron chi connectivity index (χ3n) is 2.42. The van der Waals surface area contributed by atoms with E-state index in [2.05, 4.69) is 32.3 Å². The third-order valence-corrected chi connectivity index (χ3v) is 2.91. The zero-order valence-electron chi connectivity index (χ0n) is 9.32. The maximum atomic E-state index is 13.5. The number of benzene rings is 1. The SMILES string of the molecule is N#Cc1ccncc1NCc1cc(Br)ccc1F. The number of nitrogens with zero attached hydrogens (tertiary/aromatic N) is 2. The van der Waals surface area contributed by atoms with Gasteiger partial charge in [0.05, 0.1) is 17.4 Å². The lowest BCUT2D eigenvalue weighted by Gasteiger charge is -2.08. The molecule has 0 aliphatic rings. The van der Waals surface area contributed by atoms with Gasteiger partial charge in [-0.15, -0.1) is 0 Å². The molecule has 1 aromatic heterocycles. The molecule has 0 saturated carbocycles. The van der Waals surface area contributed by atoms with E-state index in [1.807, 2.05) is 0 Å². The van der Waals surface area contributed by atoms with Gasteiger partial charge >= 0.3 is 0 Å². The predicted octanol–water partition coefficient (Wildman–Crippen LogP) is 3.47. The van der Waals surface area contributed by atoms with Gasteiger partial charge in [-0.2, -0.15) is 5.26 Å². The summed E-state index contributed by atoms with van der Waals surface area (Å²) in [6, 6.07) is 8.40. The Morgan fingerprint density at radius 1 is 1.39 bits per heavy atom. The Hall–Kier alpha value is -1.93. The summed E-state index contributed by atoms with van der Waals surface area (Å²) in [4.78, 5) is 3.93. The quantitative estimate of drug-likeness (QED) is 0.944. The first-order valence-corrected chi connectivity index (χ1v) is 6.02. The lowest BCUT2D eigenvalue weighted by Crippen LogP contribution is -2.03. The summed E-state index contributed by atoms with van der Waals surface area (Å²) in [7, 11) is 0. The Morgan fingerprint density at radius 2 is 2.22 bits per heavy atom. The van der Waals surface area contributed by atoms with Gasteiger partial charge in [-0.3, -0.25) is 4.98 Å². The highest BCUT2D eigenvalue weighted by Crippen LogP contribution is 2.18. The zero-order chi connectivity index (χ0) is 13.0. The first-order chi connectivity index (χ1) is 8.70. The summed E-state index contributed by atoms with van der Waals surface area (Å²) < 4.78 is 14.3. The minimum Gasteiger partial charge on any atom is -0.379 e. The van der Waals surface area contributed by atoms with Gasteiger partial charge in [0.15, 0.2) is 0 Å². The summed E-state index contributed by atoms with van der Waals surface area (Å²) in [5.74, 6) is -0.284. The number of aromatic nitrogens is 1. The Kier molecular flexibility index (Phi) is 3.90. The summed E-state index contributed by atoms with van der Waals surface area (Å²) in [5, 5.41) is 11.9. The Bertz CT molecular complexity index is 607. The van der Waals surface area contributed by atoms with Crippen LogP contribution in [0.3, 0.4) is 0 Å². The average Bonchev–Trinajstić information content (AvgIpc) is 2.40. The average molecular weight is 306 g/mol. The van der Waals surface area contributed by atoms with Crippen LogP contribution < -0.4 is 5.32 Å². The highest BCUT2D eigenvalue weighted by molar-refractivity contribution is 9.10. The molecule has 0 amide bonds. The van der Waals surface area contributed by atoms with Crippen LogP contribution in [0.1, 0.15) is 11.1 Å². The lowest BCUT2D eigenvalue weighted by molar-refractivity contribution is 0.612. The van der Waals surface area contributed by atoms with Gasteiger partial charge < -0.3 is 5.32 Å².